The molecule has 7 nitrogen and oxygen atoms in total. The van der Waals surface area contributed by atoms with Crippen LogP contribution in [0.3, 0.4) is 0 Å². The summed E-state index contributed by atoms with van der Waals surface area (Å²) in [6, 6.07) is 17.1. The number of carbonyl (C=O) groups is 3. The molecule has 0 unspecified atom stereocenters. The quantitative estimate of drug-likeness (QED) is 0.328. The molecule has 3 aromatic carbocycles. The standard InChI is InChI=1S/C26H25F3N4O3/c1-2-13-30-24(35)17-9-11-20(12-10-17)32-23(34)16-31-21-7-3-5-18(14-21)25(36)33-22-8-4-6-19(15-22)26(27,28)29/h3-12,14-15,31H,2,13,16H2,1H3,(H,30,35)(H,32,34)(H,33,36). The summed E-state index contributed by atoms with van der Waals surface area (Å²) in [4.78, 5) is 36.8. The van der Waals surface area contributed by atoms with Crippen molar-refractivity contribution in [3.8, 4) is 0 Å². The van der Waals surface area contributed by atoms with Crippen LogP contribution in [0, 0.1) is 0 Å². The van der Waals surface area contributed by atoms with Crippen LogP contribution < -0.4 is 21.3 Å². The molecular weight excluding hydrogens is 473 g/mol. The fourth-order valence-corrected chi connectivity index (χ4v) is 3.18. The molecule has 3 amide bonds. The van der Waals surface area contributed by atoms with Gasteiger partial charge < -0.3 is 21.3 Å². The van der Waals surface area contributed by atoms with Gasteiger partial charge in [0.05, 0.1) is 12.1 Å². The van der Waals surface area contributed by atoms with Crippen molar-refractivity contribution in [1.82, 2.24) is 5.32 Å². The Labute approximate surface area is 206 Å². The Bertz CT molecular complexity index is 1230. The molecule has 0 aliphatic rings. The van der Waals surface area contributed by atoms with Gasteiger partial charge in [-0.05, 0) is 67.1 Å². The number of hydrogen-bond donors (Lipinski definition) is 4. The molecule has 0 heterocycles. The lowest BCUT2D eigenvalue weighted by atomic mass is 10.1. The van der Waals surface area contributed by atoms with E-state index in [2.05, 4.69) is 21.3 Å². The van der Waals surface area contributed by atoms with Crippen molar-refractivity contribution >= 4 is 34.8 Å². The maximum absolute atomic E-state index is 12.9. The SMILES string of the molecule is CCCNC(=O)c1ccc(NC(=O)CNc2cccc(C(=O)Nc3cccc(C(F)(F)F)c3)c2)cc1. The normalized spacial score (nSPS) is 10.9. The Kier molecular flexibility index (Phi) is 8.66. The summed E-state index contributed by atoms with van der Waals surface area (Å²) in [5, 5.41) is 10.8. The average molecular weight is 499 g/mol. The van der Waals surface area contributed by atoms with Crippen LogP contribution in [-0.4, -0.2) is 30.8 Å². The lowest BCUT2D eigenvalue weighted by Crippen LogP contribution is -2.24. The van der Waals surface area contributed by atoms with Gasteiger partial charge in [-0.1, -0.05) is 19.1 Å². The van der Waals surface area contributed by atoms with Gasteiger partial charge in [0.1, 0.15) is 0 Å². The fourth-order valence-electron chi connectivity index (χ4n) is 3.18. The first-order valence-corrected chi connectivity index (χ1v) is 11.2. The summed E-state index contributed by atoms with van der Waals surface area (Å²) < 4.78 is 38.7. The number of rotatable bonds is 9. The minimum atomic E-state index is -4.52. The van der Waals surface area contributed by atoms with Gasteiger partial charge in [0.25, 0.3) is 11.8 Å². The molecule has 0 saturated carbocycles. The molecular formula is C26H25F3N4O3. The molecule has 0 radical (unpaired) electrons. The highest BCUT2D eigenvalue weighted by Crippen LogP contribution is 2.30. The number of carbonyl (C=O) groups excluding carboxylic acids is 3. The smallest absolute Gasteiger partial charge is 0.376 e. The predicted octanol–water partition coefficient (Wildman–Crippen LogP) is 5.15. The molecule has 0 aliphatic carbocycles. The summed E-state index contributed by atoms with van der Waals surface area (Å²) in [6.45, 7) is 2.44. The van der Waals surface area contributed by atoms with Gasteiger partial charge in [-0.25, -0.2) is 0 Å². The van der Waals surface area contributed by atoms with Crippen LogP contribution in [0.5, 0.6) is 0 Å². The van der Waals surface area contributed by atoms with Crippen LogP contribution >= 0.6 is 0 Å². The summed E-state index contributed by atoms with van der Waals surface area (Å²) in [5.41, 5.74) is 0.833. The minimum absolute atomic E-state index is 0.0152. The summed E-state index contributed by atoms with van der Waals surface area (Å²) >= 11 is 0. The summed E-state index contributed by atoms with van der Waals surface area (Å²) in [6.07, 6.45) is -3.69. The van der Waals surface area contributed by atoms with E-state index in [1.807, 2.05) is 6.92 Å². The third-order valence-electron chi connectivity index (χ3n) is 4.99. The maximum Gasteiger partial charge on any atom is 0.416 e. The Morgan fingerprint density at radius 3 is 2.14 bits per heavy atom. The number of anilines is 3. The van der Waals surface area contributed by atoms with E-state index >= 15 is 0 Å². The number of halogens is 3. The highest BCUT2D eigenvalue weighted by atomic mass is 19.4. The van der Waals surface area contributed by atoms with E-state index in [0.717, 1.165) is 18.6 Å². The number of benzene rings is 3. The van der Waals surface area contributed by atoms with Crippen molar-refractivity contribution in [2.24, 2.45) is 0 Å². The van der Waals surface area contributed by atoms with Gasteiger partial charge in [0.15, 0.2) is 0 Å². The number of amides is 3. The Morgan fingerprint density at radius 2 is 1.44 bits per heavy atom. The summed E-state index contributed by atoms with van der Waals surface area (Å²) in [7, 11) is 0. The van der Waals surface area contributed by atoms with Crippen molar-refractivity contribution in [2.75, 3.05) is 29.0 Å². The first kappa shape index (κ1) is 26.3. The third-order valence-corrected chi connectivity index (χ3v) is 4.99. The molecule has 4 N–H and O–H groups in total. The molecule has 0 bridgehead atoms. The molecule has 188 valence electrons. The van der Waals surface area contributed by atoms with Crippen LogP contribution in [0.4, 0.5) is 30.2 Å². The monoisotopic (exact) mass is 498 g/mol. The Balaban J connectivity index is 1.54. The number of nitrogens with one attached hydrogen (secondary N) is 4. The van der Waals surface area contributed by atoms with Gasteiger partial charge in [-0.3, -0.25) is 14.4 Å². The molecule has 0 saturated heterocycles. The number of alkyl halides is 3. The molecule has 0 fully saturated rings. The zero-order valence-electron chi connectivity index (χ0n) is 19.4. The van der Waals surface area contributed by atoms with Crippen molar-refractivity contribution < 1.29 is 27.6 Å². The minimum Gasteiger partial charge on any atom is -0.376 e. The first-order chi connectivity index (χ1) is 17.2. The van der Waals surface area contributed by atoms with Crippen LogP contribution in [0.2, 0.25) is 0 Å². The van der Waals surface area contributed by atoms with Gasteiger partial charge in [0, 0.05) is 34.7 Å². The van der Waals surface area contributed by atoms with Crippen LogP contribution in [0.25, 0.3) is 0 Å². The zero-order chi connectivity index (χ0) is 26.1. The van der Waals surface area contributed by atoms with Gasteiger partial charge in [-0.15, -0.1) is 0 Å². The summed E-state index contributed by atoms with van der Waals surface area (Å²) in [5.74, 6) is -1.13. The van der Waals surface area contributed by atoms with Crippen LogP contribution in [0.1, 0.15) is 39.6 Å². The van der Waals surface area contributed by atoms with Crippen molar-refractivity contribution in [1.29, 1.82) is 0 Å². The topological polar surface area (TPSA) is 99.3 Å². The van der Waals surface area contributed by atoms with Gasteiger partial charge in [-0.2, -0.15) is 13.2 Å². The Morgan fingerprint density at radius 1 is 0.750 bits per heavy atom. The van der Waals surface area contributed by atoms with E-state index < -0.39 is 17.6 Å². The second-order valence-electron chi connectivity index (χ2n) is 7.85. The first-order valence-electron chi connectivity index (χ1n) is 11.2. The molecule has 3 rings (SSSR count). The largest absolute Gasteiger partial charge is 0.416 e. The molecule has 10 heteroatoms. The van der Waals surface area contributed by atoms with Crippen molar-refractivity contribution in [3.05, 3.63) is 89.5 Å². The second kappa shape index (κ2) is 11.9. The van der Waals surface area contributed by atoms with Crippen molar-refractivity contribution in [3.63, 3.8) is 0 Å². The van der Waals surface area contributed by atoms with E-state index in [4.69, 9.17) is 0 Å². The fraction of sp³-hybridized carbons (Fsp3) is 0.192. The lowest BCUT2D eigenvalue weighted by molar-refractivity contribution is -0.137. The zero-order valence-corrected chi connectivity index (χ0v) is 19.4. The van der Waals surface area contributed by atoms with Gasteiger partial charge >= 0.3 is 6.18 Å². The van der Waals surface area contributed by atoms with Gasteiger partial charge in [0.2, 0.25) is 5.91 Å². The van der Waals surface area contributed by atoms with Crippen LogP contribution in [-0.2, 0) is 11.0 Å². The molecule has 0 atom stereocenters. The molecule has 0 aromatic heterocycles. The Hall–Kier alpha value is -4.34. The lowest BCUT2D eigenvalue weighted by Gasteiger charge is -2.11. The van der Waals surface area contributed by atoms with E-state index in [9.17, 15) is 27.6 Å². The number of hydrogen-bond acceptors (Lipinski definition) is 4. The van der Waals surface area contributed by atoms with E-state index in [1.165, 1.54) is 24.3 Å². The van der Waals surface area contributed by atoms with Crippen molar-refractivity contribution in [2.45, 2.75) is 19.5 Å². The second-order valence-corrected chi connectivity index (χ2v) is 7.85. The van der Waals surface area contributed by atoms with Crippen LogP contribution in [0.15, 0.2) is 72.8 Å². The molecule has 0 aliphatic heterocycles. The highest BCUT2D eigenvalue weighted by Gasteiger charge is 2.30. The maximum atomic E-state index is 12.9. The third kappa shape index (κ3) is 7.59. The molecule has 0 spiro atoms. The molecule has 3 aromatic rings. The predicted molar refractivity (Wildman–Crippen MR) is 132 cm³/mol. The highest BCUT2D eigenvalue weighted by molar-refractivity contribution is 6.05. The van der Waals surface area contributed by atoms with E-state index in [1.54, 1.807) is 36.4 Å². The van der Waals surface area contributed by atoms with E-state index in [-0.39, 0.29) is 29.6 Å². The average Bonchev–Trinajstić information content (AvgIpc) is 2.86. The molecule has 36 heavy (non-hydrogen) atoms. The van der Waals surface area contributed by atoms with E-state index in [0.29, 0.717) is 23.5 Å².